The molecule has 0 saturated heterocycles. The Morgan fingerprint density at radius 3 is 2.50 bits per heavy atom. The average molecular weight is 351 g/mol. The number of methoxy groups -OCH3 is 1. The highest BCUT2D eigenvalue weighted by molar-refractivity contribution is 5.80. The molecule has 2 aromatic rings. The minimum atomic E-state index is -0.0539. The van der Waals surface area contributed by atoms with E-state index >= 15 is 0 Å². The van der Waals surface area contributed by atoms with E-state index in [0.29, 0.717) is 6.54 Å². The zero-order valence-corrected chi connectivity index (χ0v) is 15.5. The van der Waals surface area contributed by atoms with Gasteiger partial charge in [0.05, 0.1) is 20.2 Å². The third-order valence-electron chi connectivity index (χ3n) is 5.10. The lowest BCUT2D eigenvalue weighted by molar-refractivity contribution is -0.909. The number of quaternary nitrogens is 1. The normalized spacial score (nSPS) is 17.9. The zero-order valence-electron chi connectivity index (χ0n) is 15.5. The van der Waals surface area contributed by atoms with E-state index in [2.05, 4.69) is 35.7 Å². The third-order valence-corrected chi connectivity index (χ3v) is 5.10. The number of ether oxygens (including phenoxy) is 1. The van der Waals surface area contributed by atoms with Crippen molar-refractivity contribution in [2.45, 2.75) is 25.9 Å². The largest absolute Gasteiger partial charge is 0.497 e. The van der Waals surface area contributed by atoms with Crippen LogP contribution in [0.15, 0.2) is 60.7 Å². The van der Waals surface area contributed by atoms with E-state index in [1.54, 1.807) is 7.11 Å². The highest BCUT2D eigenvalue weighted by Crippen LogP contribution is 2.18. The number of benzene rings is 2. The molecule has 4 nitrogen and oxygen atoms in total. The van der Waals surface area contributed by atoms with E-state index in [-0.39, 0.29) is 11.9 Å². The highest BCUT2D eigenvalue weighted by atomic mass is 16.5. The predicted octanol–water partition coefficient (Wildman–Crippen LogP) is 2.07. The van der Waals surface area contributed by atoms with Gasteiger partial charge >= 0.3 is 0 Å². The Kier molecular flexibility index (Phi) is 6.08. The van der Waals surface area contributed by atoms with Crippen LogP contribution in [0.3, 0.4) is 0 Å². The molecule has 136 valence electrons. The fourth-order valence-electron chi connectivity index (χ4n) is 3.33. The van der Waals surface area contributed by atoms with Crippen LogP contribution in [-0.2, 0) is 11.3 Å². The summed E-state index contributed by atoms with van der Waals surface area (Å²) in [7, 11) is 1.65. The molecule has 0 radical (unpaired) electrons. The van der Waals surface area contributed by atoms with Gasteiger partial charge in [0.2, 0.25) is 0 Å². The van der Waals surface area contributed by atoms with Crippen LogP contribution in [0.5, 0.6) is 5.75 Å². The second-order valence-electron chi connectivity index (χ2n) is 6.75. The van der Waals surface area contributed by atoms with E-state index in [1.165, 1.54) is 16.0 Å². The highest BCUT2D eigenvalue weighted by Gasteiger charge is 2.26. The van der Waals surface area contributed by atoms with Gasteiger partial charge in [-0.2, -0.15) is 0 Å². The number of carbonyl (C=O) groups is 1. The molecule has 2 atom stereocenters. The van der Waals surface area contributed by atoms with Crippen molar-refractivity contribution < 1.29 is 14.4 Å². The summed E-state index contributed by atoms with van der Waals surface area (Å²) in [6.45, 7) is 4.44. The van der Waals surface area contributed by atoms with Crippen LogP contribution in [-0.4, -0.2) is 32.1 Å². The van der Waals surface area contributed by atoms with E-state index in [0.717, 1.165) is 30.8 Å². The smallest absolute Gasteiger partial charge is 0.278 e. The molecule has 3 rings (SSSR count). The van der Waals surface area contributed by atoms with Crippen molar-refractivity contribution in [2.24, 2.45) is 0 Å². The van der Waals surface area contributed by atoms with Gasteiger partial charge in [0.15, 0.2) is 6.04 Å². The van der Waals surface area contributed by atoms with Crippen LogP contribution >= 0.6 is 0 Å². The first-order chi connectivity index (χ1) is 12.7. The lowest BCUT2D eigenvalue weighted by atomic mass is 9.99. The number of amides is 1. The second kappa shape index (κ2) is 8.68. The van der Waals surface area contributed by atoms with Gasteiger partial charge in [-0.1, -0.05) is 42.5 Å². The number of rotatable bonds is 6. The molecular weight excluding hydrogens is 324 g/mol. The first-order valence-electron chi connectivity index (χ1n) is 9.17. The first kappa shape index (κ1) is 18.2. The summed E-state index contributed by atoms with van der Waals surface area (Å²) in [5.74, 6) is 0.930. The summed E-state index contributed by atoms with van der Waals surface area (Å²) in [6.07, 6.45) is 3.29. The fourth-order valence-corrected chi connectivity index (χ4v) is 3.33. The number of hydrogen-bond acceptors (Lipinski definition) is 2. The molecule has 2 aromatic carbocycles. The van der Waals surface area contributed by atoms with Crippen molar-refractivity contribution in [1.82, 2.24) is 5.32 Å². The van der Waals surface area contributed by atoms with Gasteiger partial charge in [0, 0.05) is 13.0 Å². The maximum Gasteiger partial charge on any atom is 0.278 e. The average Bonchev–Trinajstić information content (AvgIpc) is 2.72. The van der Waals surface area contributed by atoms with E-state index in [1.807, 2.05) is 37.3 Å². The van der Waals surface area contributed by atoms with Gasteiger partial charge < -0.3 is 15.0 Å². The van der Waals surface area contributed by atoms with Gasteiger partial charge in [-0.15, -0.1) is 0 Å². The number of hydrogen-bond donors (Lipinski definition) is 2. The number of carbonyl (C=O) groups excluding carboxylic acids is 1. The molecule has 1 heterocycles. The third kappa shape index (κ3) is 4.52. The lowest BCUT2D eigenvalue weighted by Crippen LogP contribution is -3.17. The summed E-state index contributed by atoms with van der Waals surface area (Å²) in [6, 6.07) is 18.2. The van der Waals surface area contributed by atoms with Crippen LogP contribution in [0.25, 0.3) is 5.57 Å². The lowest BCUT2D eigenvalue weighted by Gasteiger charge is -2.28. The molecule has 4 heteroatoms. The second-order valence-corrected chi connectivity index (χ2v) is 6.75. The summed E-state index contributed by atoms with van der Waals surface area (Å²) in [4.78, 5) is 13.8. The summed E-state index contributed by atoms with van der Waals surface area (Å²) in [5.41, 5.74) is 3.76. The van der Waals surface area contributed by atoms with Crippen LogP contribution in [0.4, 0.5) is 0 Å². The van der Waals surface area contributed by atoms with Crippen LogP contribution in [0.1, 0.15) is 24.5 Å². The molecule has 26 heavy (non-hydrogen) atoms. The summed E-state index contributed by atoms with van der Waals surface area (Å²) in [5, 5.41) is 3.06. The molecule has 0 spiro atoms. The molecular formula is C22H27N2O2+. The Morgan fingerprint density at radius 2 is 1.88 bits per heavy atom. The Morgan fingerprint density at radius 1 is 1.15 bits per heavy atom. The monoisotopic (exact) mass is 351 g/mol. The van der Waals surface area contributed by atoms with E-state index < -0.39 is 0 Å². The van der Waals surface area contributed by atoms with Crippen LogP contribution in [0, 0.1) is 0 Å². The maximum absolute atomic E-state index is 12.5. The van der Waals surface area contributed by atoms with Gasteiger partial charge in [-0.05, 0) is 41.8 Å². The quantitative estimate of drug-likeness (QED) is 0.837. The van der Waals surface area contributed by atoms with Crippen molar-refractivity contribution in [3.05, 3.63) is 71.8 Å². The molecule has 2 N–H and O–H groups in total. The Bertz CT molecular complexity index is 753. The van der Waals surface area contributed by atoms with Gasteiger partial charge in [-0.25, -0.2) is 0 Å². The van der Waals surface area contributed by atoms with Gasteiger partial charge in [0.25, 0.3) is 5.91 Å². The topological polar surface area (TPSA) is 42.8 Å². The van der Waals surface area contributed by atoms with Crippen molar-refractivity contribution in [3.8, 4) is 5.75 Å². The molecule has 1 unspecified atom stereocenters. The van der Waals surface area contributed by atoms with Crippen molar-refractivity contribution in [1.29, 1.82) is 0 Å². The Labute approximate surface area is 155 Å². The minimum Gasteiger partial charge on any atom is -0.497 e. The van der Waals surface area contributed by atoms with Crippen LogP contribution < -0.4 is 15.0 Å². The molecule has 1 aliphatic rings. The Hall–Kier alpha value is -2.59. The Balaban J connectivity index is 1.51. The zero-order chi connectivity index (χ0) is 18.4. The standard InChI is InChI=1S/C22H26N2O2/c1-17(22(25)23-16-18-8-10-21(26-2)11-9-18)24-14-12-20(13-15-24)19-6-4-3-5-7-19/h3-12,17H,13-16H2,1-2H3,(H,23,25)/p+1/t17-/m1/s1. The summed E-state index contributed by atoms with van der Waals surface area (Å²) < 4.78 is 5.16. The molecule has 1 aliphatic heterocycles. The number of nitrogens with one attached hydrogen (secondary N) is 2. The van der Waals surface area contributed by atoms with E-state index in [4.69, 9.17) is 4.74 Å². The van der Waals surface area contributed by atoms with E-state index in [9.17, 15) is 4.79 Å². The molecule has 0 saturated carbocycles. The molecule has 1 amide bonds. The first-order valence-corrected chi connectivity index (χ1v) is 9.17. The predicted molar refractivity (Wildman–Crippen MR) is 104 cm³/mol. The SMILES string of the molecule is COc1ccc(CNC(=O)[C@@H](C)[NH+]2CC=C(c3ccccc3)CC2)cc1. The van der Waals surface area contributed by atoms with Crippen molar-refractivity contribution >= 4 is 11.5 Å². The summed E-state index contributed by atoms with van der Waals surface area (Å²) >= 11 is 0. The molecule has 0 aromatic heterocycles. The minimum absolute atomic E-state index is 0.0539. The van der Waals surface area contributed by atoms with Crippen LogP contribution in [0.2, 0.25) is 0 Å². The van der Waals surface area contributed by atoms with Crippen molar-refractivity contribution in [2.75, 3.05) is 20.2 Å². The molecule has 0 bridgehead atoms. The van der Waals surface area contributed by atoms with Gasteiger partial charge in [0.1, 0.15) is 5.75 Å². The van der Waals surface area contributed by atoms with Crippen molar-refractivity contribution in [3.63, 3.8) is 0 Å². The molecule has 0 fully saturated rings. The molecule has 0 aliphatic carbocycles. The maximum atomic E-state index is 12.5. The van der Waals surface area contributed by atoms with Gasteiger partial charge in [-0.3, -0.25) is 4.79 Å². The fraction of sp³-hybridized carbons (Fsp3) is 0.318.